The van der Waals surface area contributed by atoms with E-state index in [0.717, 1.165) is 38.3 Å². The average molecular weight is 334 g/mol. The minimum absolute atomic E-state index is 0. The van der Waals surface area contributed by atoms with Crippen molar-refractivity contribution < 1.29 is 4.79 Å². The molecule has 0 aromatic heterocycles. The molecular formula is C15H25Cl2N3O. The van der Waals surface area contributed by atoms with Crippen LogP contribution in [0.25, 0.3) is 0 Å². The van der Waals surface area contributed by atoms with Crippen LogP contribution in [-0.4, -0.2) is 43.0 Å². The van der Waals surface area contributed by atoms with Crippen LogP contribution in [0.5, 0.6) is 0 Å². The Bertz CT molecular complexity index is 419. The molecule has 4 nitrogen and oxygen atoms in total. The summed E-state index contributed by atoms with van der Waals surface area (Å²) in [5.74, 6) is 0.0751. The van der Waals surface area contributed by atoms with E-state index >= 15 is 0 Å². The van der Waals surface area contributed by atoms with Crippen molar-refractivity contribution >= 4 is 36.4 Å². The Labute approximate surface area is 139 Å². The molecule has 2 N–H and O–H groups in total. The highest BCUT2D eigenvalue weighted by molar-refractivity contribution is 5.94. The number of carbonyl (C=O) groups excluding carboxylic acids is 1. The smallest absolute Gasteiger partial charge is 0.241 e. The number of amides is 1. The number of nitrogens with zero attached hydrogens (tertiary/aromatic N) is 1. The van der Waals surface area contributed by atoms with Crippen LogP contribution in [0, 0.1) is 0 Å². The lowest BCUT2D eigenvalue weighted by atomic mass is 10.1. The summed E-state index contributed by atoms with van der Waals surface area (Å²) in [6.07, 6.45) is 1.02. The monoisotopic (exact) mass is 333 g/mol. The van der Waals surface area contributed by atoms with Crippen molar-refractivity contribution in [3.8, 4) is 0 Å². The summed E-state index contributed by atoms with van der Waals surface area (Å²) in [7, 11) is 0. The van der Waals surface area contributed by atoms with Crippen molar-refractivity contribution in [3.05, 3.63) is 29.8 Å². The molecule has 1 aromatic rings. The average Bonchev–Trinajstić information content (AvgIpc) is 2.48. The second-order valence-electron chi connectivity index (χ2n) is 5.00. The van der Waals surface area contributed by atoms with Crippen LogP contribution in [-0.2, 0) is 11.2 Å². The van der Waals surface area contributed by atoms with E-state index in [2.05, 4.69) is 34.6 Å². The van der Waals surface area contributed by atoms with Crippen LogP contribution in [0.15, 0.2) is 24.3 Å². The van der Waals surface area contributed by atoms with Gasteiger partial charge in [0, 0.05) is 31.9 Å². The molecular weight excluding hydrogens is 309 g/mol. The first-order valence-electron chi connectivity index (χ1n) is 7.05. The van der Waals surface area contributed by atoms with Gasteiger partial charge < -0.3 is 10.6 Å². The number of nitrogens with one attached hydrogen (secondary N) is 2. The van der Waals surface area contributed by atoms with Crippen molar-refractivity contribution in [2.45, 2.75) is 26.3 Å². The zero-order valence-electron chi connectivity index (χ0n) is 12.6. The molecule has 1 amide bonds. The molecule has 1 fully saturated rings. The highest BCUT2D eigenvalue weighted by Crippen LogP contribution is 2.11. The van der Waals surface area contributed by atoms with Gasteiger partial charge in [-0.05, 0) is 31.0 Å². The second kappa shape index (κ2) is 10.0. The fraction of sp³-hybridized carbons (Fsp3) is 0.533. The first-order chi connectivity index (χ1) is 9.20. The third kappa shape index (κ3) is 5.83. The van der Waals surface area contributed by atoms with Crippen molar-refractivity contribution in [2.24, 2.45) is 0 Å². The van der Waals surface area contributed by atoms with E-state index in [1.165, 1.54) is 5.56 Å². The van der Waals surface area contributed by atoms with Gasteiger partial charge >= 0.3 is 0 Å². The molecule has 1 aromatic carbocycles. The minimum atomic E-state index is -0.0760. The second-order valence-corrected chi connectivity index (χ2v) is 5.00. The molecule has 2 rings (SSSR count). The standard InChI is InChI=1S/C15H23N3O.2ClH/c1-3-13-4-6-14(7-5-13)17-15(19)12(2)18-10-8-16-9-11-18;;/h4-7,12,16H,3,8-11H2,1-2H3,(H,17,19);2*1H. The molecule has 21 heavy (non-hydrogen) atoms. The molecule has 1 saturated heterocycles. The molecule has 1 atom stereocenters. The summed E-state index contributed by atoms with van der Waals surface area (Å²) in [6.45, 7) is 7.89. The number of piperazine rings is 1. The predicted molar refractivity (Wildman–Crippen MR) is 92.9 cm³/mol. The highest BCUT2D eigenvalue weighted by Gasteiger charge is 2.22. The summed E-state index contributed by atoms with van der Waals surface area (Å²) in [5, 5.41) is 6.29. The molecule has 1 aliphatic heterocycles. The van der Waals surface area contributed by atoms with Gasteiger partial charge in [0.25, 0.3) is 0 Å². The minimum Gasteiger partial charge on any atom is -0.325 e. The van der Waals surface area contributed by atoms with Crippen LogP contribution < -0.4 is 10.6 Å². The number of rotatable bonds is 4. The lowest BCUT2D eigenvalue weighted by Crippen LogP contribution is -2.51. The molecule has 120 valence electrons. The van der Waals surface area contributed by atoms with Gasteiger partial charge in [-0.1, -0.05) is 19.1 Å². The number of halogens is 2. The van der Waals surface area contributed by atoms with Gasteiger partial charge in [-0.25, -0.2) is 0 Å². The topological polar surface area (TPSA) is 44.4 Å². The molecule has 6 heteroatoms. The molecule has 0 radical (unpaired) electrons. The van der Waals surface area contributed by atoms with Gasteiger partial charge in [-0.3, -0.25) is 9.69 Å². The largest absolute Gasteiger partial charge is 0.325 e. The number of hydrogen-bond donors (Lipinski definition) is 2. The van der Waals surface area contributed by atoms with Crippen molar-refractivity contribution in [3.63, 3.8) is 0 Å². The zero-order valence-corrected chi connectivity index (χ0v) is 14.2. The normalized spacial score (nSPS) is 16.3. The Hall–Kier alpha value is -0.810. The first-order valence-corrected chi connectivity index (χ1v) is 7.05. The van der Waals surface area contributed by atoms with E-state index in [1.807, 2.05) is 19.1 Å². The van der Waals surface area contributed by atoms with Crippen molar-refractivity contribution in [1.82, 2.24) is 10.2 Å². The fourth-order valence-corrected chi connectivity index (χ4v) is 2.31. The van der Waals surface area contributed by atoms with Crippen LogP contribution in [0.2, 0.25) is 0 Å². The maximum Gasteiger partial charge on any atom is 0.241 e. The van der Waals surface area contributed by atoms with E-state index < -0.39 is 0 Å². The number of aryl methyl sites for hydroxylation is 1. The van der Waals surface area contributed by atoms with Gasteiger partial charge in [0.1, 0.15) is 0 Å². The molecule has 1 unspecified atom stereocenters. The third-order valence-electron chi connectivity index (χ3n) is 3.71. The quantitative estimate of drug-likeness (QED) is 0.888. The van der Waals surface area contributed by atoms with E-state index in [1.54, 1.807) is 0 Å². The maximum atomic E-state index is 12.2. The van der Waals surface area contributed by atoms with Crippen LogP contribution in [0.1, 0.15) is 19.4 Å². The summed E-state index contributed by atoms with van der Waals surface area (Å²) < 4.78 is 0. The SMILES string of the molecule is CCc1ccc(NC(=O)C(C)N2CCNCC2)cc1.Cl.Cl. The number of hydrogen-bond acceptors (Lipinski definition) is 3. The third-order valence-corrected chi connectivity index (χ3v) is 3.71. The highest BCUT2D eigenvalue weighted by atomic mass is 35.5. The Balaban J connectivity index is 0.00000200. The Morgan fingerprint density at radius 3 is 2.33 bits per heavy atom. The van der Waals surface area contributed by atoms with Gasteiger partial charge in [0.15, 0.2) is 0 Å². The lowest BCUT2D eigenvalue weighted by molar-refractivity contribution is -0.120. The van der Waals surface area contributed by atoms with Crippen LogP contribution in [0.4, 0.5) is 5.69 Å². The van der Waals surface area contributed by atoms with E-state index in [4.69, 9.17) is 0 Å². The molecule has 0 saturated carbocycles. The fourth-order valence-electron chi connectivity index (χ4n) is 2.31. The first kappa shape index (κ1) is 20.2. The van der Waals surface area contributed by atoms with E-state index in [0.29, 0.717) is 0 Å². The van der Waals surface area contributed by atoms with E-state index in [9.17, 15) is 4.79 Å². The number of benzene rings is 1. The van der Waals surface area contributed by atoms with Gasteiger partial charge in [0.2, 0.25) is 5.91 Å². The molecule has 0 bridgehead atoms. The van der Waals surface area contributed by atoms with E-state index in [-0.39, 0.29) is 36.8 Å². The summed E-state index contributed by atoms with van der Waals surface area (Å²) >= 11 is 0. The van der Waals surface area contributed by atoms with Gasteiger partial charge in [-0.2, -0.15) is 0 Å². The number of anilines is 1. The Kier molecular flexibility index (Phi) is 9.62. The maximum absolute atomic E-state index is 12.2. The molecule has 0 aliphatic carbocycles. The summed E-state index contributed by atoms with van der Waals surface area (Å²) in [6, 6.07) is 7.99. The zero-order chi connectivity index (χ0) is 13.7. The van der Waals surface area contributed by atoms with Gasteiger partial charge in [-0.15, -0.1) is 24.8 Å². The Morgan fingerprint density at radius 2 is 1.81 bits per heavy atom. The Morgan fingerprint density at radius 1 is 1.24 bits per heavy atom. The molecule has 0 spiro atoms. The molecule has 1 aliphatic rings. The predicted octanol–water partition coefficient (Wildman–Crippen LogP) is 2.32. The van der Waals surface area contributed by atoms with Gasteiger partial charge in [0.05, 0.1) is 6.04 Å². The molecule has 1 heterocycles. The van der Waals surface area contributed by atoms with Crippen molar-refractivity contribution in [2.75, 3.05) is 31.5 Å². The van der Waals surface area contributed by atoms with Crippen LogP contribution in [0.3, 0.4) is 0 Å². The lowest BCUT2D eigenvalue weighted by Gasteiger charge is -2.31. The van der Waals surface area contributed by atoms with Crippen LogP contribution >= 0.6 is 24.8 Å². The van der Waals surface area contributed by atoms with Crippen molar-refractivity contribution in [1.29, 1.82) is 0 Å². The summed E-state index contributed by atoms with van der Waals surface area (Å²) in [4.78, 5) is 14.4. The summed E-state index contributed by atoms with van der Waals surface area (Å²) in [5.41, 5.74) is 2.16. The number of carbonyl (C=O) groups is 1.